The first-order chi connectivity index (χ1) is 8.92. The van der Waals surface area contributed by atoms with Crippen molar-refractivity contribution in [3.8, 4) is 0 Å². The molecule has 0 amide bonds. The summed E-state index contributed by atoms with van der Waals surface area (Å²) in [6.45, 7) is 0. The van der Waals surface area contributed by atoms with Crippen LogP contribution < -0.4 is 0 Å². The van der Waals surface area contributed by atoms with E-state index in [2.05, 4.69) is 21.5 Å². The number of hydrogen-bond acceptors (Lipinski definition) is 4. The van der Waals surface area contributed by atoms with E-state index in [0.29, 0.717) is 0 Å². The molecule has 0 atom stereocenters. The van der Waals surface area contributed by atoms with E-state index >= 15 is 0 Å². The Morgan fingerprint density at radius 3 is 2.50 bits per heavy atom. The number of thioether (sulfide) groups is 2. The fraction of sp³-hybridized carbons (Fsp3) is 0. The lowest BCUT2D eigenvalue weighted by Crippen LogP contribution is -1.81. The van der Waals surface area contributed by atoms with Crippen molar-refractivity contribution in [2.24, 2.45) is 0 Å². The molecule has 0 radical (unpaired) electrons. The Morgan fingerprint density at radius 2 is 1.78 bits per heavy atom. The monoisotopic (exact) mass is 270 g/mol. The molecule has 2 aromatic rings. The molecule has 88 valence electrons. The predicted octanol–water partition coefficient (Wildman–Crippen LogP) is 4.25. The van der Waals surface area contributed by atoms with Crippen LogP contribution in [0.3, 0.4) is 0 Å². The molecule has 18 heavy (non-hydrogen) atoms. The fourth-order valence-corrected chi connectivity index (χ4v) is 3.63. The van der Waals surface area contributed by atoms with E-state index < -0.39 is 0 Å². The van der Waals surface area contributed by atoms with Gasteiger partial charge in [0.1, 0.15) is 0 Å². The second kappa shape index (κ2) is 5.42. The van der Waals surface area contributed by atoms with Gasteiger partial charge < -0.3 is 0 Å². The van der Waals surface area contributed by atoms with Crippen molar-refractivity contribution in [1.29, 1.82) is 0 Å². The van der Waals surface area contributed by atoms with Gasteiger partial charge >= 0.3 is 0 Å². The topological polar surface area (TPSA) is 25.8 Å². The van der Waals surface area contributed by atoms with E-state index in [-0.39, 0.29) is 0 Å². The molecular formula is C14H10N2S2. The van der Waals surface area contributed by atoms with E-state index in [9.17, 15) is 0 Å². The zero-order valence-electron chi connectivity index (χ0n) is 9.48. The third-order valence-electron chi connectivity index (χ3n) is 2.36. The molecule has 0 saturated carbocycles. The Hall–Kier alpha value is -1.52. The summed E-state index contributed by atoms with van der Waals surface area (Å²) >= 11 is 3.46. The third-order valence-corrected chi connectivity index (χ3v) is 4.62. The molecule has 0 N–H and O–H groups in total. The minimum Gasteiger partial charge on any atom is -0.257 e. The Balaban J connectivity index is 1.77. The van der Waals surface area contributed by atoms with Gasteiger partial charge in [-0.05, 0) is 35.7 Å². The van der Waals surface area contributed by atoms with E-state index in [1.165, 1.54) is 9.14 Å². The summed E-state index contributed by atoms with van der Waals surface area (Å²) in [7, 11) is 0. The minimum absolute atomic E-state index is 0.989. The smallest absolute Gasteiger partial charge is 0.0774 e. The molecule has 0 aliphatic carbocycles. The van der Waals surface area contributed by atoms with Crippen molar-refractivity contribution in [1.82, 2.24) is 9.97 Å². The summed E-state index contributed by atoms with van der Waals surface area (Å²) in [5, 5.41) is 2.14. The second-order valence-electron chi connectivity index (χ2n) is 3.63. The zero-order valence-corrected chi connectivity index (χ0v) is 11.1. The van der Waals surface area contributed by atoms with E-state index in [0.717, 1.165) is 11.4 Å². The van der Waals surface area contributed by atoms with Gasteiger partial charge in [-0.15, -0.1) is 0 Å². The highest BCUT2D eigenvalue weighted by atomic mass is 32.2. The SMILES string of the molecule is C1=C(c2ccccn2)S/C(=C/c2ccccn2)S1. The molecule has 3 rings (SSSR count). The van der Waals surface area contributed by atoms with Crippen molar-refractivity contribution in [2.45, 2.75) is 0 Å². The predicted molar refractivity (Wildman–Crippen MR) is 79.6 cm³/mol. The standard InChI is InChI=1S/C14H10N2S2/c1-3-7-15-11(5-1)9-14-17-10-13(18-14)12-6-2-4-8-16-12/h1-10H/b14-9+. The van der Waals surface area contributed by atoms with Gasteiger partial charge in [0.2, 0.25) is 0 Å². The van der Waals surface area contributed by atoms with Crippen molar-refractivity contribution >= 4 is 34.5 Å². The Labute approximate surface area is 114 Å². The molecule has 3 heterocycles. The summed E-state index contributed by atoms with van der Waals surface area (Å²) in [5.41, 5.74) is 2.02. The van der Waals surface area contributed by atoms with Crippen LogP contribution in [0.2, 0.25) is 0 Å². The maximum atomic E-state index is 4.36. The number of nitrogens with zero attached hydrogens (tertiary/aromatic N) is 2. The fourth-order valence-electron chi connectivity index (χ4n) is 1.53. The highest BCUT2D eigenvalue weighted by Gasteiger charge is 2.14. The maximum absolute atomic E-state index is 4.36. The summed E-state index contributed by atoms with van der Waals surface area (Å²) in [6.07, 6.45) is 5.73. The van der Waals surface area contributed by atoms with Crippen LogP contribution in [0.4, 0.5) is 0 Å². The average molecular weight is 270 g/mol. The van der Waals surface area contributed by atoms with E-state index in [1.807, 2.05) is 48.8 Å². The quantitative estimate of drug-likeness (QED) is 0.814. The molecule has 0 unspecified atom stereocenters. The molecular weight excluding hydrogens is 260 g/mol. The van der Waals surface area contributed by atoms with Gasteiger partial charge in [-0.3, -0.25) is 9.97 Å². The van der Waals surface area contributed by atoms with Crippen LogP contribution >= 0.6 is 23.5 Å². The van der Waals surface area contributed by atoms with Crippen molar-refractivity contribution in [3.63, 3.8) is 0 Å². The van der Waals surface area contributed by atoms with Gasteiger partial charge in [-0.25, -0.2) is 0 Å². The van der Waals surface area contributed by atoms with Crippen LogP contribution in [0, 0.1) is 0 Å². The van der Waals surface area contributed by atoms with Gasteiger partial charge in [-0.1, -0.05) is 35.7 Å². The van der Waals surface area contributed by atoms with Gasteiger partial charge in [0, 0.05) is 17.3 Å². The number of pyridine rings is 2. The molecule has 0 spiro atoms. The van der Waals surface area contributed by atoms with Gasteiger partial charge in [-0.2, -0.15) is 0 Å². The van der Waals surface area contributed by atoms with Crippen molar-refractivity contribution < 1.29 is 0 Å². The van der Waals surface area contributed by atoms with Crippen LogP contribution in [0.5, 0.6) is 0 Å². The lowest BCUT2D eigenvalue weighted by atomic mass is 10.3. The first kappa shape index (κ1) is 11.6. The summed E-state index contributed by atoms with van der Waals surface area (Å²) in [6, 6.07) is 11.9. The highest BCUT2D eigenvalue weighted by molar-refractivity contribution is 8.31. The van der Waals surface area contributed by atoms with Gasteiger partial charge in [0.05, 0.1) is 15.6 Å². The number of rotatable bonds is 2. The Morgan fingerprint density at radius 1 is 0.944 bits per heavy atom. The summed E-state index contributed by atoms with van der Waals surface area (Å²) in [5.74, 6) is 0. The first-order valence-corrected chi connectivity index (χ1v) is 7.20. The van der Waals surface area contributed by atoms with Crippen molar-refractivity contribution in [2.75, 3.05) is 0 Å². The molecule has 2 aromatic heterocycles. The Bertz CT molecular complexity index is 592. The summed E-state index contributed by atoms with van der Waals surface area (Å²) < 4.78 is 1.23. The summed E-state index contributed by atoms with van der Waals surface area (Å²) in [4.78, 5) is 9.85. The normalized spacial score (nSPS) is 16.9. The van der Waals surface area contributed by atoms with E-state index in [4.69, 9.17) is 0 Å². The largest absolute Gasteiger partial charge is 0.257 e. The Kier molecular flexibility index (Phi) is 3.48. The van der Waals surface area contributed by atoms with Crippen LogP contribution in [-0.4, -0.2) is 9.97 Å². The highest BCUT2D eigenvalue weighted by Crippen LogP contribution is 2.48. The minimum atomic E-state index is 0.989. The lowest BCUT2D eigenvalue weighted by molar-refractivity contribution is 1.29. The zero-order chi connectivity index (χ0) is 12.2. The van der Waals surface area contributed by atoms with Crippen LogP contribution in [0.1, 0.15) is 11.4 Å². The maximum Gasteiger partial charge on any atom is 0.0774 e. The molecule has 1 aliphatic rings. The molecule has 4 heteroatoms. The van der Waals surface area contributed by atoms with Gasteiger partial charge in [0.15, 0.2) is 0 Å². The van der Waals surface area contributed by atoms with Crippen LogP contribution in [-0.2, 0) is 0 Å². The molecule has 0 aromatic carbocycles. The van der Waals surface area contributed by atoms with Crippen LogP contribution in [0.15, 0.2) is 58.4 Å². The lowest BCUT2D eigenvalue weighted by Gasteiger charge is -1.99. The molecule has 0 fully saturated rings. The van der Waals surface area contributed by atoms with E-state index in [1.54, 1.807) is 23.5 Å². The second-order valence-corrected chi connectivity index (χ2v) is 5.89. The first-order valence-electron chi connectivity index (χ1n) is 5.51. The number of hydrogen-bond donors (Lipinski definition) is 0. The molecule has 2 nitrogen and oxygen atoms in total. The van der Waals surface area contributed by atoms with Gasteiger partial charge in [0.25, 0.3) is 0 Å². The molecule has 0 bridgehead atoms. The van der Waals surface area contributed by atoms with Crippen LogP contribution in [0.25, 0.3) is 11.0 Å². The third kappa shape index (κ3) is 2.66. The van der Waals surface area contributed by atoms with Crippen molar-refractivity contribution in [3.05, 3.63) is 69.8 Å². The number of aromatic nitrogens is 2. The molecule has 1 aliphatic heterocycles. The molecule has 0 saturated heterocycles. The average Bonchev–Trinajstić information content (AvgIpc) is 2.89.